The summed E-state index contributed by atoms with van der Waals surface area (Å²) in [5.74, 6) is 0.687. The zero-order valence-electron chi connectivity index (χ0n) is 11.0. The Hall–Kier alpha value is -0.870. The van der Waals surface area contributed by atoms with Crippen molar-refractivity contribution < 1.29 is 8.42 Å². The van der Waals surface area contributed by atoms with Crippen LogP contribution in [0.15, 0.2) is 18.2 Å². The number of hydrogen-bond donors (Lipinski definition) is 1. The number of sulfone groups is 1. The van der Waals surface area contributed by atoms with Crippen LogP contribution < -0.4 is 5.73 Å². The van der Waals surface area contributed by atoms with Gasteiger partial charge in [-0.2, -0.15) is 0 Å². The van der Waals surface area contributed by atoms with Gasteiger partial charge in [-0.05, 0) is 43.7 Å². The van der Waals surface area contributed by atoms with E-state index in [1.165, 1.54) is 16.7 Å². The predicted octanol–water partition coefficient (Wildman–Crippen LogP) is 1.61. The summed E-state index contributed by atoms with van der Waals surface area (Å²) in [6.07, 6.45) is 1.49. The van der Waals surface area contributed by atoms with Crippen LogP contribution in [0.5, 0.6) is 0 Å². The smallest absolute Gasteiger partial charge is 0.150 e. The Balaban J connectivity index is 2.08. The molecule has 1 saturated heterocycles. The maximum atomic E-state index is 11.5. The standard InChI is InChI=1S/C14H21NO2S/c1-10-3-4-11(2)13(7-10)8-14(15)12-5-6-18(16,17)9-12/h3-4,7,12,14H,5-6,8-9,15H2,1-2H3. The van der Waals surface area contributed by atoms with E-state index >= 15 is 0 Å². The number of rotatable bonds is 3. The Labute approximate surface area is 109 Å². The van der Waals surface area contributed by atoms with Gasteiger partial charge in [0.05, 0.1) is 11.5 Å². The molecule has 2 atom stereocenters. The molecule has 2 unspecified atom stereocenters. The van der Waals surface area contributed by atoms with Crippen LogP contribution in [0.25, 0.3) is 0 Å². The molecular weight excluding hydrogens is 246 g/mol. The summed E-state index contributed by atoms with van der Waals surface area (Å²) in [6, 6.07) is 6.29. The summed E-state index contributed by atoms with van der Waals surface area (Å²) in [6.45, 7) is 4.14. The predicted molar refractivity (Wildman–Crippen MR) is 74.4 cm³/mol. The van der Waals surface area contributed by atoms with Crippen LogP contribution in [-0.2, 0) is 16.3 Å². The van der Waals surface area contributed by atoms with Crippen molar-refractivity contribution in [3.05, 3.63) is 34.9 Å². The fourth-order valence-electron chi connectivity index (χ4n) is 2.60. The van der Waals surface area contributed by atoms with E-state index in [2.05, 4.69) is 32.0 Å². The molecule has 1 fully saturated rings. The molecule has 100 valence electrons. The molecule has 18 heavy (non-hydrogen) atoms. The number of benzene rings is 1. The molecule has 1 aromatic rings. The molecule has 0 radical (unpaired) electrons. The van der Waals surface area contributed by atoms with Crippen molar-refractivity contribution in [1.29, 1.82) is 0 Å². The summed E-state index contributed by atoms with van der Waals surface area (Å²) in [7, 11) is -2.83. The third-order valence-corrected chi connectivity index (χ3v) is 5.63. The van der Waals surface area contributed by atoms with Gasteiger partial charge in [-0.15, -0.1) is 0 Å². The first kappa shape index (κ1) is 13.6. The van der Waals surface area contributed by atoms with E-state index in [-0.39, 0.29) is 17.7 Å². The van der Waals surface area contributed by atoms with Gasteiger partial charge >= 0.3 is 0 Å². The number of nitrogens with two attached hydrogens (primary N) is 1. The quantitative estimate of drug-likeness (QED) is 0.905. The minimum absolute atomic E-state index is 0.0530. The highest BCUT2D eigenvalue weighted by atomic mass is 32.2. The molecule has 0 spiro atoms. The molecule has 2 rings (SSSR count). The lowest BCUT2D eigenvalue weighted by atomic mass is 9.91. The minimum atomic E-state index is -2.83. The molecule has 1 aliphatic rings. The Bertz CT molecular complexity index is 537. The first-order valence-corrected chi connectivity index (χ1v) is 8.22. The van der Waals surface area contributed by atoms with Crippen LogP contribution in [0.4, 0.5) is 0 Å². The second-order valence-electron chi connectivity index (χ2n) is 5.46. The molecule has 4 heteroatoms. The highest BCUT2D eigenvalue weighted by molar-refractivity contribution is 7.91. The molecule has 3 nitrogen and oxygen atoms in total. The maximum absolute atomic E-state index is 11.5. The SMILES string of the molecule is Cc1ccc(C)c(CC(N)C2CCS(=O)(=O)C2)c1. The lowest BCUT2D eigenvalue weighted by Gasteiger charge is -2.19. The van der Waals surface area contributed by atoms with Crippen LogP contribution in [-0.4, -0.2) is 26.0 Å². The molecular formula is C14H21NO2S. The average molecular weight is 267 g/mol. The van der Waals surface area contributed by atoms with Gasteiger partial charge in [0, 0.05) is 6.04 Å². The highest BCUT2D eigenvalue weighted by Gasteiger charge is 2.32. The van der Waals surface area contributed by atoms with Gasteiger partial charge in [0.15, 0.2) is 9.84 Å². The van der Waals surface area contributed by atoms with E-state index < -0.39 is 9.84 Å². The van der Waals surface area contributed by atoms with Crippen LogP contribution >= 0.6 is 0 Å². The van der Waals surface area contributed by atoms with E-state index in [1.807, 2.05) is 0 Å². The zero-order valence-corrected chi connectivity index (χ0v) is 11.8. The highest BCUT2D eigenvalue weighted by Crippen LogP contribution is 2.24. The van der Waals surface area contributed by atoms with Crippen molar-refractivity contribution in [3.63, 3.8) is 0 Å². The summed E-state index contributed by atoms with van der Waals surface area (Å²) in [4.78, 5) is 0. The lowest BCUT2D eigenvalue weighted by Crippen LogP contribution is -2.33. The average Bonchev–Trinajstić information content (AvgIpc) is 2.64. The largest absolute Gasteiger partial charge is 0.327 e. The molecule has 0 saturated carbocycles. The van der Waals surface area contributed by atoms with Crippen molar-refractivity contribution in [2.45, 2.75) is 32.7 Å². The van der Waals surface area contributed by atoms with Crippen molar-refractivity contribution in [1.82, 2.24) is 0 Å². The van der Waals surface area contributed by atoms with Gasteiger partial charge in [-0.25, -0.2) is 8.42 Å². The third-order valence-electron chi connectivity index (χ3n) is 3.83. The van der Waals surface area contributed by atoms with Gasteiger partial charge in [0.1, 0.15) is 0 Å². The van der Waals surface area contributed by atoms with Gasteiger partial charge in [-0.3, -0.25) is 0 Å². The van der Waals surface area contributed by atoms with E-state index in [1.54, 1.807) is 0 Å². The third kappa shape index (κ3) is 3.12. The van der Waals surface area contributed by atoms with Crippen molar-refractivity contribution in [2.75, 3.05) is 11.5 Å². The minimum Gasteiger partial charge on any atom is -0.327 e. The molecule has 0 aromatic heterocycles. The summed E-state index contributed by atoms with van der Waals surface area (Å²) in [5, 5.41) is 0. The van der Waals surface area contributed by atoms with Crippen molar-refractivity contribution in [2.24, 2.45) is 11.7 Å². The van der Waals surface area contributed by atoms with Gasteiger partial charge in [-0.1, -0.05) is 23.8 Å². The van der Waals surface area contributed by atoms with Crippen molar-refractivity contribution >= 4 is 9.84 Å². The van der Waals surface area contributed by atoms with Crippen LogP contribution in [0, 0.1) is 19.8 Å². The Kier molecular flexibility index (Phi) is 3.78. The summed E-state index contributed by atoms with van der Waals surface area (Å²) in [5.41, 5.74) is 9.89. The van der Waals surface area contributed by atoms with Crippen LogP contribution in [0.1, 0.15) is 23.1 Å². The molecule has 1 aliphatic heterocycles. The zero-order chi connectivity index (χ0) is 13.3. The second kappa shape index (κ2) is 5.02. The molecule has 0 aliphatic carbocycles. The van der Waals surface area contributed by atoms with E-state index in [9.17, 15) is 8.42 Å². The Morgan fingerprint density at radius 3 is 2.72 bits per heavy atom. The van der Waals surface area contributed by atoms with E-state index in [0.29, 0.717) is 12.2 Å². The summed E-state index contributed by atoms with van der Waals surface area (Å²) < 4.78 is 22.9. The van der Waals surface area contributed by atoms with Gasteiger partial charge < -0.3 is 5.73 Å². The van der Waals surface area contributed by atoms with Crippen LogP contribution in [0.3, 0.4) is 0 Å². The molecule has 0 amide bonds. The van der Waals surface area contributed by atoms with Gasteiger partial charge in [0.25, 0.3) is 0 Å². The van der Waals surface area contributed by atoms with E-state index in [4.69, 9.17) is 5.73 Å². The fourth-order valence-corrected chi connectivity index (χ4v) is 4.50. The normalized spacial score (nSPS) is 24.1. The molecule has 0 bridgehead atoms. The molecule has 1 aromatic carbocycles. The number of hydrogen-bond acceptors (Lipinski definition) is 3. The molecule has 2 N–H and O–H groups in total. The second-order valence-corrected chi connectivity index (χ2v) is 7.69. The fraction of sp³-hybridized carbons (Fsp3) is 0.571. The molecule has 1 heterocycles. The first-order chi connectivity index (χ1) is 8.37. The van der Waals surface area contributed by atoms with E-state index in [0.717, 1.165) is 6.42 Å². The Morgan fingerprint density at radius 2 is 2.11 bits per heavy atom. The van der Waals surface area contributed by atoms with Gasteiger partial charge in [0.2, 0.25) is 0 Å². The summed E-state index contributed by atoms with van der Waals surface area (Å²) >= 11 is 0. The topological polar surface area (TPSA) is 60.2 Å². The van der Waals surface area contributed by atoms with Crippen molar-refractivity contribution in [3.8, 4) is 0 Å². The monoisotopic (exact) mass is 267 g/mol. The Morgan fingerprint density at radius 1 is 1.39 bits per heavy atom. The number of aryl methyl sites for hydroxylation is 2. The van der Waals surface area contributed by atoms with Crippen LogP contribution in [0.2, 0.25) is 0 Å². The lowest BCUT2D eigenvalue weighted by molar-refractivity contribution is 0.460. The first-order valence-electron chi connectivity index (χ1n) is 6.39. The maximum Gasteiger partial charge on any atom is 0.150 e.